The number of aryl methyl sites for hydroxylation is 3. The predicted molar refractivity (Wildman–Crippen MR) is 154 cm³/mol. The van der Waals surface area contributed by atoms with Gasteiger partial charge in [-0.05, 0) is 63.1 Å². The van der Waals surface area contributed by atoms with Crippen molar-refractivity contribution in [1.29, 1.82) is 0 Å². The fraction of sp³-hybridized carbons (Fsp3) is 0.484. The van der Waals surface area contributed by atoms with E-state index in [2.05, 4.69) is 49.5 Å². The van der Waals surface area contributed by atoms with E-state index in [9.17, 15) is 4.79 Å². The van der Waals surface area contributed by atoms with E-state index in [-0.39, 0.29) is 11.9 Å². The Morgan fingerprint density at radius 2 is 1.77 bits per heavy atom. The minimum absolute atomic E-state index is 0.0839. The number of nitrogens with zero attached hydrogens (tertiary/aromatic N) is 5. The number of hydrogen-bond donors (Lipinski definition) is 0. The Kier molecular flexibility index (Phi) is 8.12. The van der Waals surface area contributed by atoms with E-state index in [0.29, 0.717) is 18.0 Å². The molecule has 1 aromatic heterocycles. The van der Waals surface area contributed by atoms with Crippen LogP contribution in [-0.4, -0.2) is 72.2 Å². The number of carbonyl (C=O) groups is 1. The number of aromatic nitrogens is 2. The summed E-state index contributed by atoms with van der Waals surface area (Å²) in [5, 5.41) is 0. The molecule has 2 aliphatic heterocycles. The molecule has 0 saturated carbocycles. The normalized spacial score (nSPS) is 16.5. The van der Waals surface area contributed by atoms with Gasteiger partial charge in [-0.15, -0.1) is 0 Å². The molecule has 1 saturated heterocycles. The summed E-state index contributed by atoms with van der Waals surface area (Å²) in [6.07, 6.45) is 3.85. The van der Waals surface area contributed by atoms with E-state index in [1.54, 1.807) is 14.2 Å². The van der Waals surface area contributed by atoms with E-state index in [4.69, 9.17) is 9.47 Å². The molecule has 0 spiro atoms. The molecule has 0 radical (unpaired) electrons. The first-order valence-corrected chi connectivity index (χ1v) is 14.1. The number of ether oxygens (including phenoxy) is 2. The molecule has 0 N–H and O–H groups in total. The van der Waals surface area contributed by atoms with Gasteiger partial charge in [0.15, 0.2) is 11.5 Å². The van der Waals surface area contributed by atoms with Crippen LogP contribution in [0.25, 0.3) is 0 Å². The largest absolute Gasteiger partial charge is 0.493 e. The van der Waals surface area contributed by atoms with Gasteiger partial charge in [0.1, 0.15) is 5.82 Å². The molecular formula is C31H41N5O3. The summed E-state index contributed by atoms with van der Waals surface area (Å²) in [5.74, 6) is 2.50. The van der Waals surface area contributed by atoms with Gasteiger partial charge in [0.25, 0.3) is 5.91 Å². The molecule has 0 aliphatic carbocycles. The van der Waals surface area contributed by atoms with Gasteiger partial charge < -0.3 is 28.7 Å². The van der Waals surface area contributed by atoms with E-state index in [1.165, 1.54) is 5.69 Å². The molecule has 208 valence electrons. The highest BCUT2D eigenvalue weighted by molar-refractivity contribution is 6.00. The minimum atomic E-state index is -0.0839. The van der Waals surface area contributed by atoms with E-state index in [1.807, 2.05) is 38.1 Å². The van der Waals surface area contributed by atoms with Gasteiger partial charge in [-0.3, -0.25) is 4.79 Å². The van der Waals surface area contributed by atoms with Crippen molar-refractivity contribution in [2.75, 3.05) is 51.8 Å². The lowest BCUT2D eigenvalue weighted by atomic mass is 9.99. The molecule has 1 atom stereocenters. The maximum absolute atomic E-state index is 13.9. The van der Waals surface area contributed by atoms with Crippen molar-refractivity contribution in [3.8, 4) is 11.5 Å². The van der Waals surface area contributed by atoms with Crippen molar-refractivity contribution in [3.63, 3.8) is 0 Å². The van der Waals surface area contributed by atoms with Crippen molar-refractivity contribution in [1.82, 2.24) is 19.4 Å². The Morgan fingerprint density at radius 1 is 1.00 bits per heavy atom. The summed E-state index contributed by atoms with van der Waals surface area (Å²) >= 11 is 0. The molecule has 1 fully saturated rings. The summed E-state index contributed by atoms with van der Waals surface area (Å²) in [7, 11) is 3.30. The van der Waals surface area contributed by atoms with Crippen molar-refractivity contribution in [2.45, 2.75) is 52.7 Å². The highest BCUT2D eigenvalue weighted by atomic mass is 16.5. The Labute approximate surface area is 232 Å². The number of piperazine rings is 1. The number of anilines is 1. The molecule has 39 heavy (non-hydrogen) atoms. The van der Waals surface area contributed by atoms with Crippen LogP contribution in [0.15, 0.2) is 42.6 Å². The van der Waals surface area contributed by atoms with Crippen LogP contribution in [0.4, 0.5) is 5.69 Å². The second-order valence-corrected chi connectivity index (χ2v) is 10.6. The van der Waals surface area contributed by atoms with Gasteiger partial charge in [-0.2, -0.15) is 0 Å². The molecule has 0 unspecified atom stereocenters. The smallest absolute Gasteiger partial charge is 0.255 e. The Balaban J connectivity index is 1.43. The minimum Gasteiger partial charge on any atom is -0.493 e. The third-order valence-corrected chi connectivity index (χ3v) is 8.27. The molecule has 1 amide bonds. The third-order valence-electron chi connectivity index (χ3n) is 8.27. The summed E-state index contributed by atoms with van der Waals surface area (Å²) in [6, 6.07) is 12.2. The Bertz CT molecular complexity index is 1310. The van der Waals surface area contributed by atoms with Crippen molar-refractivity contribution < 1.29 is 14.3 Å². The lowest BCUT2D eigenvalue weighted by Gasteiger charge is -2.36. The van der Waals surface area contributed by atoms with Crippen LogP contribution in [0.5, 0.6) is 11.5 Å². The second-order valence-electron chi connectivity index (χ2n) is 10.6. The van der Waals surface area contributed by atoms with Crippen LogP contribution in [0.2, 0.25) is 0 Å². The number of amides is 1. The number of carbonyl (C=O) groups excluding carboxylic acids is 1. The number of hydrogen-bond acceptors (Lipinski definition) is 6. The van der Waals surface area contributed by atoms with Crippen molar-refractivity contribution >= 4 is 11.6 Å². The standard InChI is InChI=1S/C31H41N5O3/c1-6-33-15-17-34(18-16-33)28-10-7-9-25-26(28)21-36(31(25)37)27(11-8-14-35-20-22(2)32-23(35)3)24-12-13-29(38-4)30(19-24)39-5/h7,9-10,12-13,19-20,27H,6,8,11,14-18,21H2,1-5H3/t27-/m1/s1. The van der Waals surface area contributed by atoms with E-state index in [0.717, 1.165) is 80.3 Å². The van der Waals surface area contributed by atoms with Crippen LogP contribution < -0.4 is 14.4 Å². The van der Waals surface area contributed by atoms with Gasteiger partial charge in [-0.25, -0.2) is 4.98 Å². The molecule has 2 aromatic carbocycles. The van der Waals surface area contributed by atoms with Gasteiger partial charge in [-0.1, -0.05) is 19.1 Å². The third kappa shape index (κ3) is 5.48. The summed E-state index contributed by atoms with van der Waals surface area (Å²) in [4.78, 5) is 25.5. The quantitative estimate of drug-likeness (QED) is 0.373. The van der Waals surface area contributed by atoms with Gasteiger partial charge >= 0.3 is 0 Å². The zero-order chi connectivity index (χ0) is 27.5. The monoisotopic (exact) mass is 531 g/mol. The maximum atomic E-state index is 13.9. The molecular weight excluding hydrogens is 490 g/mol. The first-order valence-electron chi connectivity index (χ1n) is 14.1. The van der Waals surface area contributed by atoms with Crippen LogP contribution in [0, 0.1) is 13.8 Å². The lowest BCUT2D eigenvalue weighted by molar-refractivity contribution is 0.0687. The molecule has 5 rings (SSSR count). The predicted octanol–water partition coefficient (Wildman–Crippen LogP) is 4.84. The van der Waals surface area contributed by atoms with Crippen LogP contribution in [-0.2, 0) is 13.1 Å². The highest BCUT2D eigenvalue weighted by Gasteiger charge is 2.36. The first kappa shape index (κ1) is 27.1. The van der Waals surface area contributed by atoms with E-state index >= 15 is 0 Å². The average molecular weight is 532 g/mol. The number of likely N-dealkylation sites (N-methyl/N-ethyl adjacent to an activating group) is 1. The fourth-order valence-electron chi connectivity index (χ4n) is 6.10. The molecule has 3 aromatic rings. The Morgan fingerprint density at radius 3 is 2.44 bits per heavy atom. The van der Waals surface area contributed by atoms with Crippen LogP contribution in [0.1, 0.15) is 58.8 Å². The van der Waals surface area contributed by atoms with Gasteiger partial charge in [0, 0.05) is 62.3 Å². The summed E-state index contributed by atoms with van der Waals surface area (Å²) in [5.41, 5.74) is 5.28. The van der Waals surface area contributed by atoms with Gasteiger partial charge in [0.2, 0.25) is 0 Å². The van der Waals surface area contributed by atoms with E-state index < -0.39 is 0 Å². The molecule has 8 nitrogen and oxygen atoms in total. The molecule has 0 bridgehead atoms. The van der Waals surface area contributed by atoms with Gasteiger partial charge in [0.05, 0.1) is 26.0 Å². The van der Waals surface area contributed by atoms with Crippen LogP contribution >= 0.6 is 0 Å². The maximum Gasteiger partial charge on any atom is 0.255 e. The highest BCUT2D eigenvalue weighted by Crippen LogP contribution is 2.40. The van der Waals surface area contributed by atoms with Crippen molar-refractivity contribution in [3.05, 3.63) is 70.8 Å². The van der Waals surface area contributed by atoms with Crippen molar-refractivity contribution in [2.24, 2.45) is 0 Å². The number of methoxy groups -OCH3 is 2. The zero-order valence-electron chi connectivity index (χ0n) is 23.9. The average Bonchev–Trinajstić information content (AvgIpc) is 3.47. The summed E-state index contributed by atoms with van der Waals surface area (Å²) in [6.45, 7) is 12.9. The summed E-state index contributed by atoms with van der Waals surface area (Å²) < 4.78 is 13.3. The molecule has 8 heteroatoms. The molecule has 2 aliphatic rings. The lowest BCUT2D eigenvalue weighted by Crippen LogP contribution is -2.46. The fourth-order valence-corrected chi connectivity index (χ4v) is 6.10. The number of benzene rings is 2. The van der Waals surface area contributed by atoms with Crippen LogP contribution in [0.3, 0.4) is 0 Å². The second kappa shape index (κ2) is 11.7. The topological polar surface area (TPSA) is 63.1 Å². The number of rotatable bonds is 10. The number of fused-ring (bicyclic) bond motifs is 1. The SMILES string of the molecule is CCN1CCN(c2cccc3c2CN([C@H](CCCn2cc(C)nc2C)c2ccc(OC)c(OC)c2)C3=O)CC1. The zero-order valence-corrected chi connectivity index (χ0v) is 23.9. The first-order chi connectivity index (χ1) is 18.9. The Hall–Kier alpha value is -3.52. The molecule has 3 heterocycles. The number of imidazole rings is 1.